The minimum Gasteiger partial charge on any atom is -0.486 e. The van der Waals surface area contributed by atoms with E-state index in [1.165, 1.54) is 42.1 Å². The fourth-order valence-corrected chi connectivity index (χ4v) is 5.16. The zero-order valence-corrected chi connectivity index (χ0v) is 19.3. The summed E-state index contributed by atoms with van der Waals surface area (Å²) in [6, 6.07) is 16.4. The first-order valence-electron chi connectivity index (χ1n) is 9.99. The van der Waals surface area contributed by atoms with Crippen molar-refractivity contribution in [1.29, 1.82) is 0 Å². The first kappa shape index (κ1) is 22.9. The maximum absolute atomic E-state index is 13.5. The zero-order chi connectivity index (χ0) is 23.4. The fourth-order valence-electron chi connectivity index (χ4n) is 3.27. The molecule has 0 unspecified atom stereocenters. The highest BCUT2D eigenvalue weighted by molar-refractivity contribution is 7.98. The van der Waals surface area contributed by atoms with Crippen molar-refractivity contribution in [3.8, 4) is 11.5 Å². The molecule has 4 rings (SSSR count). The third-order valence-electron chi connectivity index (χ3n) is 4.86. The SMILES string of the molecule is CSc1cccc(NC(=O)CN(c2ccc(F)cc2)S(=O)(=O)c2ccc3c(c2)OCCO3)c1. The van der Waals surface area contributed by atoms with Gasteiger partial charge in [-0.05, 0) is 60.9 Å². The molecule has 0 aromatic heterocycles. The molecule has 0 radical (unpaired) electrons. The van der Waals surface area contributed by atoms with Crippen LogP contribution in [-0.4, -0.2) is 40.3 Å². The van der Waals surface area contributed by atoms with E-state index >= 15 is 0 Å². The Morgan fingerprint density at radius 1 is 1.03 bits per heavy atom. The van der Waals surface area contributed by atoms with E-state index < -0.39 is 28.3 Å². The predicted octanol–water partition coefficient (Wildman–Crippen LogP) is 4.15. The lowest BCUT2D eigenvalue weighted by atomic mass is 10.3. The number of hydrogen-bond donors (Lipinski definition) is 1. The van der Waals surface area contributed by atoms with Crippen LogP contribution in [0, 0.1) is 5.82 Å². The van der Waals surface area contributed by atoms with E-state index in [4.69, 9.17) is 9.47 Å². The van der Waals surface area contributed by atoms with E-state index in [1.54, 1.807) is 18.2 Å². The number of benzene rings is 3. The third-order valence-corrected chi connectivity index (χ3v) is 7.35. The molecule has 3 aromatic carbocycles. The van der Waals surface area contributed by atoms with Crippen molar-refractivity contribution in [3.05, 3.63) is 72.5 Å². The maximum Gasteiger partial charge on any atom is 0.264 e. The molecule has 172 valence electrons. The summed E-state index contributed by atoms with van der Waals surface area (Å²) >= 11 is 1.52. The lowest BCUT2D eigenvalue weighted by Gasteiger charge is -2.25. The molecule has 10 heteroatoms. The van der Waals surface area contributed by atoms with E-state index in [9.17, 15) is 17.6 Å². The number of carbonyl (C=O) groups is 1. The summed E-state index contributed by atoms with van der Waals surface area (Å²) in [5.41, 5.74) is 0.696. The third kappa shape index (κ3) is 5.23. The number of thioether (sulfide) groups is 1. The van der Waals surface area contributed by atoms with Gasteiger partial charge >= 0.3 is 0 Å². The van der Waals surface area contributed by atoms with Gasteiger partial charge in [-0.25, -0.2) is 12.8 Å². The van der Waals surface area contributed by atoms with Gasteiger partial charge in [0.25, 0.3) is 10.0 Å². The quantitative estimate of drug-likeness (QED) is 0.503. The largest absolute Gasteiger partial charge is 0.486 e. The Labute approximate surface area is 195 Å². The molecule has 0 atom stereocenters. The van der Waals surface area contributed by atoms with Crippen LogP contribution in [0.3, 0.4) is 0 Å². The smallest absolute Gasteiger partial charge is 0.264 e. The molecule has 0 fully saturated rings. The van der Waals surface area contributed by atoms with Gasteiger partial charge in [-0.1, -0.05) is 6.07 Å². The fraction of sp³-hybridized carbons (Fsp3) is 0.174. The van der Waals surface area contributed by atoms with Gasteiger partial charge in [0.1, 0.15) is 25.6 Å². The minimum atomic E-state index is -4.19. The Balaban J connectivity index is 1.66. The van der Waals surface area contributed by atoms with E-state index in [1.807, 2.05) is 12.3 Å². The highest BCUT2D eigenvalue weighted by atomic mass is 32.2. The number of amides is 1. The van der Waals surface area contributed by atoms with Crippen molar-refractivity contribution in [2.75, 3.05) is 35.6 Å². The van der Waals surface area contributed by atoms with Crippen molar-refractivity contribution in [2.24, 2.45) is 0 Å². The van der Waals surface area contributed by atoms with Gasteiger partial charge in [0.2, 0.25) is 5.91 Å². The Morgan fingerprint density at radius 3 is 2.48 bits per heavy atom. The summed E-state index contributed by atoms with van der Waals surface area (Å²) in [5, 5.41) is 2.72. The second kappa shape index (κ2) is 9.72. The molecule has 0 saturated heterocycles. The normalized spacial score (nSPS) is 12.8. The average molecular weight is 489 g/mol. The van der Waals surface area contributed by atoms with Crippen molar-refractivity contribution in [3.63, 3.8) is 0 Å². The van der Waals surface area contributed by atoms with Gasteiger partial charge in [0.05, 0.1) is 10.6 Å². The molecule has 33 heavy (non-hydrogen) atoms. The maximum atomic E-state index is 13.5. The molecule has 0 spiro atoms. The second-order valence-corrected chi connectivity index (χ2v) is 9.82. The molecule has 0 bridgehead atoms. The summed E-state index contributed by atoms with van der Waals surface area (Å²) in [7, 11) is -4.19. The van der Waals surface area contributed by atoms with Crippen LogP contribution in [0.1, 0.15) is 0 Å². The number of anilines is 2. The lowest BCUT2D eigenvalue weighted by molar-refractivity contribution is -0.114. The predicted molar refractivity (Wildman–Crippen MR) is 125 cm³/mol. The van der Waals surface area contributed by atoms with Crippen molar-refractivity contribution in [2.45, 2.75) is 9.79 Å². The molecular formula is C23H21FN2O5S2. The summed E-state index contributed by atoms with van der Waals surface area (Å²) in [4.78, 5) is 13.7. The number of halogens is 1. The Morgan fingerprint density at radius 2 is 1.76 bits per heavy atom. The highest BCUT2D eigenvalue weighted by Crippen LogP contribution is 2.34. The zero-order valence-electron chi connectivity index (χ0n) is 17.7. The van der Waals surface area contributed by atoms with Crippen LogP contribution in [0.5, 0.6) is 11.5 Å². The number of ether oxygens (including phenoxy) is 2. The summed E-state index contributed by atoms with van der Waals surface area (Å²) < 4.78 is 52.5. The summed E-state index contributed by atoms with van der Waals surface area (Å²) in [6.45, 7) is 0.167. The topological polar surface area (TPSA) is 84.9 Å². The van der Waals surface area contributed by atoms with Gasteiger partial charge in [0.15, 0.2) is 11.5 Å². The van der Waals surface area contributed by atoms with Crippen LogP contribution in [-0.2, 0) is 14.8 Å². The molecule has 1 aliphatic rings. The molecule has 1 aliphatic heterocycles. The van der Waals surface area contributed by atoms with Crippen LogP contribution in [0.2, 0.25) is 0 Å². The number of rotatable bonds is 7. The molecule has 0 aliphatic carbocycles. The first-order valence-corrected chi connectivity index (χ1v) is 12.7. The molecule has 1 heterocycles. The molecule has 1 N–H and O–H groups in total. The standard InChI is InChI=1S/C23H21FN2O5S2/c1-32-19-4-2-3-17(13-19)25-23(27)15-26(18-7-5-16(24)6-8-18)33(28,29)20-9-10-21-22(14-20)31-12-11-30-21/h2-10,13-14H,11-12,15H2,1H3,(H,25,27). The molecule has 1 amide bonds. The summed E-state index contributed by atoms with van der Waals surface area (Å²) in [6.07, 6.45) is 1.91. The van der Waals surface area contributed by atoms with Crippen molar-refractivity contribution in [1.82, 2.24) is 0 Å². The molecule has 3 aromatic rings. The van der Waals surface area contributed by atoms with Gasteiger partial charge < -0.3 is 14.8 Å². The van der Waals surface area contributed by atoms with Crippen molar-refractivity contribution >= 4 is 39.1 Å². The van der Waals surface area contributed by atoms with E-state index in [0.717, 1.165) is 21.3 Å². The lowest BCUT2D eigenvalue weighted by Crippen LogP contribution is -2.38. The minimum absolute atomic E-state index is 0.0757. The number of nitrogens with one attached hydrogen (secondary N) is 1. The van der Waals surface area contributed by atoms with E-state index in [2.05, 4.69) is 5.32 Å². The van der Waals surface area contributed by atoms with Gasteiger partial charge in [-0.3, -0.25) is 9.10 Å². The van der Waals surface area contributed by atoms with Crippen LogP contribution >= 0.6 is 11.8 Å². The van der Waals surface area contributed by atoms with Gasteiger partial charge in [-0.2, -0.15) is 0 Å². The Bertz CT molecular complexity index is 1270. The number of hydrogen-bond acceptors (Lipinski definition) is 6. The number of carbonyl (C=O) groups excluding carboxylic acids is 1. The Hall–Kier alpha value is -3.24. The number of sulfonamides is 1. The number of nitrogens with zero attached hydrogens (tertiary/aromatic N) is 1. The van der Waals surface area contributed by atoms with Crippen LogP contribution in [0.25, 0.3) is 0 Å². The second-order valence-electron chi connectivity index (χ2n) is 7.07. The monoisotopic (exact) mass is 488 g/mol. The van der Waals surface area contributed by atoms with Gasteiger partial charge in [0, 0.05) is 16.6 Å². The molecule has 0 saturated carbocycles. The molecule has 7 nitrogen and oxygen atoms in total. The summed E-state index contributed by atoms with van der Waals surface area (Å²) in [5.74, 6) is -0.313. The first-order chi connectivity index (χ1) is 15.9. The number of fused-ring (bicyclic) bond motifs is 1. The van der Waals surface area contributed by atoms with Crippen molar-refractivity contribution < 1.29 is 27.1 Å². The molecular weight excluding hydrogens is 467 g/mol. The van der Waals surface area contributed by atoms with E-state index in [0.29, 0.717) is 30.4 Å². The average Bonchev–Trinajstić information content (AvgIpc) is 2.83. The van der Waals surface area contributed by atoms with Crippen LogP contribution in [0.4, 0.5) is 15.8 Å². The van der Waals surface area contributed by atoms with E-state index in [-0.39, 0.29) is 10.6 Å². The Kier molecular flexibility index (Phi) is 6.75. The van der Waals surface area contributed by atoms with Crippen LogP contribution in [0.15, 0.2) is 76.5 Å². The van der Waals surface area contributed by atoms with Gasteiger partial charge in [-0.15, -0.1) is 11.8 Å². The highest BCUT2D eigenvalue weighted by Gasteiger charge is 2.29. The van der Waals surface area contributed by atoms with Crippen LogP contribution < -0.4 is 19.1 Å².